The van der Waals surface area contributed by atoms with Crippen LogP contribution in [0, 0.1) is 10.1 Å². The molecular formula is C29H33N7O3. The van der Waals surface area contributed by atoms with Crippen molar-refractivity contribution in [1.29, 1.82) is 0 Å². The molecule has 1 fully saturated rings. The van der Waals surface area contributed by atoms with Crippen molar-refractivity contribution < 1.29 is 9.66 Å². The van der Waals surface area contributed by atoms with Gasteiger partial charge < -0.3 is 24.4 Å². The fraction of sp³-hybridized carbons (Fsp3) is 0.379. The maximum atomic E-state index is 12.1. The van der Waals surface area contributed by atoms with Crippen molar-refractivity contribution in [1.82, 2.24) is 19.4 Å². The van der Waals surface area contributed by atoms with Crippen molar-refractivity contribution in [2.24, 2.45) is 0 Å². The van der Waals surface area contributed by atoms with Crippen LogP contribution in [0.15, 0.2) is 48.7 Å². The minimum absolute atomic E-state index is 0.00891. The van der Waals surface area contributed by atoms with E-state index in [-0.39, 0.29) is 10.6 Å². The van der Waals surface area contributed by atoms with Gasteiger partial charge in [-0.2, -0.15) is 0 Å². The van der Waals surface area contributed by atoms with Gasteiger partial charge >= 0.3 is 0 Å². The molecule has 39 heavy (non-hydrogen) atoms. The number of rotatable bonds is 9. The molecule has 2 aromatic heterocycles. The minimum atomic E-state index is -0.347. The molecule has 0 bridgehead atoms. The van der Waals surface area contributed by atoms with Crippen molar-refractivity contribution in [3.8, 4) is 17.0 Å². The Morgan fingerprint density at radius 3 is 2.74 bits per heavy atom. The van der Waals surface area contributed by atoms with Crippen molar-refractivity contribution in [2.45, 2.75) is 32.2 Å². The number of para-hydroxylation sites is 1. The summed E-state index contributed by atoms with van der Waals surface area (Å²) >= 11 is 0. The third-order valence-electron chi connectivity index (χ3n) is 7.89. The van der Waals surface area contributed by atoms with E-state index in [1.54, 1.807) is 19.4 Å². The number of benzene rings is 2. The Morgan fingerprint density at radius 2 is 1.95 bits per heavy atom. The number of likely N-dealkylation sites (tertiary alicyclic amines) is 1. The Balaban J connectivity index is 1.32. The summed E-state index contributed by atoms with van der Waals surface area (Å²) in [6, 6.07) is 13.6. The number of hydrogen-bond donors (Lipinski definition) is 1. The number of likely N-dealkylation sites (N-methyl/N-ethyl adjacent to an activating group) is 1. The molecule has 0 saturated carbocycles. The standard InChI is InChI=1S/C29H33N7O3/c1-33(16-17-34-13-5-6-14-34)25-19-27(39-2)22(18-26(25)36(37)38)32-29-30-12-11-21(31-29)28-20-8-3-4-9-23(20)35-15-7-10-24(28)35/h3-4,8-9,11-12,18-19H,5-7,10,13-17H2,1-2H3,(H,30,31,32). The second kappa shape index (κ2) is 10.5. The van der Waals surface area contributed by atoms with Crippen LogP contribution in [0.5, 0.6) is 5.75 Å². The maximum absolute atomic E-state index is 12.1. The van der Waals surface area contributed by atoms with Crippen LogP contribution in [-0.4, -0.2) is 64.7 Å². The first kappa shape index (κ1) is 25.1. The molecule has 10 heteroatoms. The second-order valence-corrected chi connectivity index (χ2v) is 10.3. The predicted octanol–water partition coefficient (Wildman–Crippen LogP) is 5.24. The van der Waals surface area contributed by atoms with Gasteiger partial charge in [0.2, 0.25) is 5.95 Å². The van der Waals surface area contributed by atoms with Gasteiger partial charge in [-0.25, -0.2) is 9.97 Å². The third-order valence-corrected chi connectivity index (χ3v) is 7.89. The summed E-state index contributed by atoms with van der Waals surface area (Å²) in [5, 5.41) is 16.5. The summed E-state index contributed by atoms with van der Waals surface area (Å²) in [6.45, 7) is 4.74. The Kier molecular flexibility index (Phi) is 6.78. The highest BCUT2D eigenvalue weighted by molar-refractivity contribution is 5.97. The molecule has 0 spiro atoms. The van der Waals surface area contributed by atoms with E-state index in [0.29, 0.717) is 29.6 Å². The molecule has 2 aliphatic rings. The van der Waals surface area contributed by atoms with E-state index in [9.17, 15) is 10.1 Å². The van der Waals surface area contributed by atoms with Gasteiger partial charge in [0, 0.05) is 67.2 Å². The summed E-state index contributed by atoms with van der Waals surface area (Å²) in [5.41, 5.74) is 5.43. The average Bonchev–Trinajstić information content (AvgIpc) is 3.70. The van der Waals surface area contributed by atoms with Gasteiger partial charge in [-0.15, -0.1) is 0 Å². The van der Waals surface area contributed by atoms with Gasteiger partial charge in [0.15, 0.2) is 0 Å². The average molecular weight is 528 g/mol. The van der Waals surface area contributed by atoms with Crippen LogP contribution in [-0.2, 0) is 13.0 Å². The van der Waals surface area contributed by atoms with Crippen LogP contribution >= 0.6 is 0 Å². The quantitative estimate of drug-likeness (QED) is 0.233. The highest BCUT2D eigenvalue weighted by atomic mass is 16.6. The monoisotopic (exact) mass is 527 g/mol. The number of anilines is 3. The highest BCUT2D eigenvalue weighted by Gasteiger charge is 2.25. The Morgan fingerprint density at radius 1 is 1.13 bits per heavy atom. The molecule has 0 amide bonds. The molecule has 1 N–H and O–H groups in total. The molecule has 0 aliphatic carbocycles. The first-order chi connectivity index (χ1) is 19.0. The molecule has 10 nitrogen and oxygen atoms in total. The van der Waals surface area contributed by atoms with E-state index in [1.165, 1.54) is 35.5 Å². The predicted molar refractivity (Wildman–Crippen MR) is 153 cm³/mol. The molecule has 4 heterocycles. The molecule has 0 unspecified atom stereocenters. The number of hydrogen-bond acceptors (Lipinski definition) is 8. The van der Waals surface area contributed by atoms with Crippen LogP contribution in [0.4, 0.5) is 23.0 Å². The van der Waals surface area contributed by atoms with Crippen LogP contribution in [0.25, 0.3) is 22.2 Å². The highest BCUT2D eigenvalue weighted by Crippen LogP contribution is 2.40. The Labute approximate surface area is 227 Å². The van der Waals surface area contributed by atoms with Gasteiger partial charge in [0.05, 0.1) is 23.4 Å². The first-order valence-electron chi connectivity index (χ1n) is 13.5. The van der Waals surface area contributed by atoms with Gasteiger partial charge in [-0.05, 0) is 50.9 Å². The van der Waals surface area contributed by atoms with Crippen molar-refractivity contribution >= 4 is 33.9 Å². The topological polar surface area (TPSA) is 102 Å². The summed E-state index contributed by atoms with van der Waals surface area (Å²) in [7, 11) is 3.45. The Bertz CT molecular complexity index is 1530. The van der Waals surface area contributed by atoms with E-state index in [2.05, 4.69) is 44.0 Å². The zero-order chi connectivity index (χ0) is 26.9. The van der Waals surface area contributed by atoms with Gasteiger partial charge in [0.1, 0.15) is 11.4 Å². The molecule has 202 valence electrons. The number of nitrogens with zero attached hydrogens (tertiary/aromatic N) is 6. The fourth-order valence-corrected chi connectivity index (χ4v) is 5.93. The largest absolute Gasteiger partial charge is 0.494 e. The molecule has 0 atom stereocenters. The molecular weight excluding hydrogens is 494 g/mol. The number of fused-ring (bicyclic) bond motifs is 3. The maximum Gasteiger partial charge on any atom is 0.294 e. The van der Waals surface area contributed by atoms with Crippen molar-refractivity contribution in [2.75, 3.05) is 50.6 Å². The summed E-state index contributed by atoms with van der Waals surface area (Å²) in [5.74, 6) is 0.852. The Hall–Kier alpha value is -4.18. The lowest BCUT2D eigenvalue weighted by Crippen LogP contribution is -2.31. The molecule has 4 aromatic rings. The number of aryl methyl sites for hydroxylation is 1. The molecule has 6 rings (SSSR count). The third kappa shape index (κ3) is 4.76. The van der Waals surface area contributed by atoms with E-state index in [1.807, 2.05) is 18.0 Å². The lowest BCUT2D eigenvalue weighted by Gasteiger charge is -2.24. The molecule has 2 aliphatic heterocycles. The number of aromatic nitrogens is 3. The van der Waals surface area contributed by atoms with Crippen LogP contribution in [0.3, 0.4) is 0 Å². The van der Waals surface area contributed by atoms with Gasteiger partial charge in [-0.1, -0.05) is 18.2 Å². The summed E-state index contributed by atoms with van der Waals surface area (Å²) < 4.78 is 8.04. The number of methoxy groups -OCH3 is 1. The molecule has 2 aromatic carbocycles. The molecule has 0 radical (unpaired) electrons. The normalized spacial score (nSPS) is 15.0. The minimum Gasteiger partial charge on any atom is -0.494 e. The fourth-order valence-electron chi connectivity index (χ4n) is 5.93. The number of nitro groups is 1. The number of ether oxygens (including phenoxy) is 1. The van der Waals surface area contributed by atoms with Crippen molar-refractivity contribution in [3.63, 3.8) is 0 Å². The van der Waals surface area contributed by atoms with Crippen LogP contribution < -0.4 is 15.0 Å². The SMILES string of the molecule is COc1cc(N(C)CCN2CCCC2)c([N+](=O)[O-])cc1Nc1nccc(-c2c3n(c4ccccc24)CCC3)n1. The first-order valence-corrected chi connectivity index (χ1v) is 13.5. The molecule has 1 saturated heterocycles. The van der Waals surface area contributed by atoms with Crippen LogP contribution in [0.2, 0.25) is 0 Å². The van der Waals surface area contributed by atoms with Gasteiger partial charge in [-0.3, -0.25) is 10.1 Å². The van der Waals surface area contributed by atoms with E-state index in [4.69, 9.17) is 9.72 Å². The van der Waals surface area contributed by atoms with Gasteiger partial charge in [0.25, 0.3) is 5.69 Å². The summed E-state index contributed by atoms with van der Waals surface area (Å²) in [6.07, 6.45) is 6.27. The number of nitrogens with one attached hydrogen (secondary N) is 1. The number of nitro benzene ring substituents is 1. The smallest absolute Gasteiger partial charge is 0.294 e. The lowest BCUT2D eigenvalue weighted by molar-refractivity contribution is -0.384. The zero-order valence-corrected chi connectivity index (χ0v) is 22.4. The van der Waals surface area contributed by atoms with E-state index < -0.39 is 0 Å². The van der Waals surface area contributed by atoms with Crippen LogP contribution in [0.1, 0.15) is 25.0 Å². The lowest BCUT2D eigenvalue weighted by atomic mass is 10.1. The van der Waals surface area contributed by atoms with E-state index in [0.717, 1.165) is 50.3 Å². The zero-order valence-electron chi connectivity index (χ0n) is 22.4. The van der Waals surface area contributed by atoms with E-state index >= 15 is 0 Å². The second-order valence-electron chi connectivity index (χ2n) is 10.3. The van der Waals surface area contributed by atoms with Crippen molar-refractivity contribution in [3.05, 3.63) is 64.5 Å². The summed E-state index contributed by atoms with van der Waals surface area (Å²) in [4.78, 5) is 25.3.